The average molecular weight is 200 g/mol. The van der Waals surface area contributed by atoms with Gasteiger partial charge in [0.25, 0.3) is 0 Å². The fourth-order valence-electron chi connectivity index (χ4n) is 0.588. The quantitative estimate of drug-likeness (QED) is 0.421. The standard InChI is InChI=1S/C6H8N4O2S/c1-2-12-9-4(3-11)5-8-6(7)13-10-5/h3H,2H2,1H3,(H2,7,8,10)/b9-4-. The number of oxime groups is 1. The Morgan fingerprint density at radius 3 is 3.08 bits per heavy atom. The van der Waals surface area contributed by atoms with Crippen LogP contribution in [0.5, 0.6) is 0 Å². The van der Waals surface area contributed by atoms with Crippen molar-refractivity contribution < 1.29 is 9.63 Å². The van der Waals surface area contributed by atoms with Gasteiger partial charge in [-0.05, 0) is 6.92 Å². The summed E-state index contributed by atoms with van der Waals surface area (Å²) in [5.74, 6) is 0.200. The van der Waals surface area contributed by atoms with Gasteiger partial charge in [0.2, 0.25) is 0 Å². The van der Waals surface area contributed by atoms with Crippen molar-refractivity contribution in [2.45, 2.75) is 6.92 Å². The van der Waals surface area contributed by atoms with Gasteiger partial charge in [-0.2, -0.15) is 9.36 Å². The van der Waals surface area contributed by atoms with Crippen LogP contribution in [0.15, 0.2) is 5.16 Å². The van der Waals surface area contributed by atoms with Crippen LogP contribution in [-0.4, -0.2) is 28.0 Å². The number of anilines is 1. The fourth-order valence-corrected chi connectivity index (χ4v) is 1.03. The maximum absolute atomic E-state index is 10.5. The molecule has 1 rings (SSSR count). The second-order valence-corrected chi connectivity index (χ2v) is 2.75. The zero-order valence-corrected chi connectivity index (χ0v) is 7.74. The number of nitrogens with zero attached hydrogens (tertiary/aromatic N) is 3. The Kier molecular flexibility index (Phi) is 3.32. The second kappa shape index (κ2) is 4.51. The van der Waals surface area contributed by atoms with Crippen molar-refractivity contribution in [2.24, 2.45) is 5.16 Å². The van der Waals surface area contributed by atoms with E-state index in [2.05, 4.69) is 14.5 Å². The number of nitrogen functional groups attached to an aromatic ring is 1. The molecule has 0 aliphatic carbocycles. The predicted octanol–water partition coefficient (Wildman–Crippen LogP) is 0.0598. The summed E-state index contributed by atoms with van der Waals surface area (Å²) in [5, 5.41) is 3.81. The summed E-state index contributed by atoms with van der Waals surface area (Å²) in [6.07, 6.45) is 0.525. The number of nitrogens with two attached hydrogens (primary N) is 1. The number of aldehydes is 1. The summed E-state index contributed by atoms with van der Waals surface area (Å²) in [6.45, 7) is 2.14. The number of carbonyl (C=O) groups excluding carboxylic acids is 1. The van der Waals surface area contributed by atoms with Crippen LogP contribution in [0.25, 0.3) is 0 Å². The number of hydrogen-bond donors (Lipinski definition) is 1. The third-order valence-corrected chi connectivity index (χ3v) is 1.62. The molecule has 7 heteroatoms. The molecule has 13 heavy (non-hydrogen) atoms. The monoisotopic (exact) mass is 200 g/mol. The first-order chi connectivity index (χ1) is 6.27. The highest BCUT2D eigenvalue weighted by Gasteiger charge is 2.09. The lowest BCUT2D eigenvalue weighted by Crippen LogP contribution is -2.06. The van der Waals surface area contributed by atoms with Gasteiger partial charge in [-0.1, -0.05) is 5.16 Å². The summed E-state index contributed by atoms with van der Waals surface area (Å²) in [5.41, 5.74) is 5.38. The van der Waals surface area contributed by atoms with Crippen molar-refractivity contribution in [2.75, 3.05) is 12.3 Å². The van der Waals surface area contributed by atoms with Crippen LogP contribution in [-0.2, 0) is 9.63 Å². The maximum atomic E-state index is 10.5. The molecular weight excluding hydrogens is 192 g/mol. The van der Waals surface area contributed by atoms with Gasteiger partial charge >= 0.3 is 0 Å². The van der Waals surface area contributed by atoms with Crippen molar-refractivity contribution in [3.63, 3.8) is 0 Å². The van der Waals surface area contributed by atoms with Crippen LogP contribution < -0.4 is 5.73 Å². The molecule has 1 aromatic heterocycles. The second-order valence-electron chi connectivity index (χ2n) is 1.97. The Labute approximate surface area is 78.6 Å². The van der Waals surface area contributed by atoms with E-state index < -0.39 is 0 Å². The van der Waals surface area contributed by atoms with Gasteiger partial charge < -0.3 is 10.6 Å². The van der Waals surface area contributed by atoms with E-state index >= 15 is 0 Å². The van der Waals surface area contributed by atoms with Gasteiger partial charge in [0.15, 0.2) is 23.0 Å². The van der Waals surface area contributed by atoms with Gasteiger partial charge in [-0.15, -0.1) is 0 Å². The smallest absolute Gasteiger partial charge is 0.200 e. The van der Waals surface area contributed by atoms with E-state index in [1.807, 2.05) is 0 Å². The molecule has 1 heterocycles. The molecule has 0 saturated heterocycles. The van der Waals surface area contributed by atoms with Crippen molar-refractivity contribution in [3.05, 3.63) is 5.82 Å². The molecule has 0 spiro atoms. The third-order valence-electron chi connectivity index (χ3n) is 1.07. The van der Waals surface area contributed by atoms with Crippen molar-refractivity contribution in [3.8, 4) is 0 Å². The van der Waals surface area contributed by atoms with Crippen molar-refractivity contribution in [1.82, 2.24) is 9.36 Å². The molecule has 6 nitrogen and oxygen atoms in total. The number of aromatic nitrogens is 2. The normalized spacial score (nSPS) is 11.3. The third kappa shape index (κ3) is 2.48. The number of hydrogen-bond acceptors (Lipinski definition) is 7. The van der Waals surface area contributed by atoms with Crippen LogP contribution in [0.3, 0.4) is 0 Å². The Morgan fingerprint density at radius 1 is 1.85 bits per heavy atom. The molecule has 0 unspecified atom stereocenters. The minimum Gasteiger partial charge on any atom is -0.395 e. The molecule has 0 radical (unpaired) electrons. The molecule has 0 fully saturated rings. The first-order valence-electron chi connectivity index (χ1n) is 3.52. The van der Waals surface area contributed by atoms with E-state index in [0.717, 1.165) is 11.5 Å². The molecule has 2 N–H and O–H groups in total. The Bertz CT molecular complexity index is 322. The molecule has 0 aliphatic rings. The highest BCUT2D eigenvalue weighted by atomic mass is 32.1. The van der Waals surface area contributed by atoms with Crippen LogP contribution >= 0.6 is 11.5 Å². The summed E-state index contributed by atoms with van der Waals surface area (Å²) < 4.78 is 3.80. The Morgan fingerprint density at radius 2 is 2.62 bits per heavy atom. The zero-order valence-electron chi connectivity index (χ0n) is 6.93. The predicted molar refractivity (Wildman–Crippen MR) is 48.5 cm³/mol. The summed E-state index contributed by atoms with van der Waals surface area (Å²) in [4.78, 5) is 19.0. The molecule has 0 atom stereocenters. The van der Waals surface area contributed by atoms with Gasteiger partial charge in [0.05, 0.1) is 0 Å². The molecule has 0 aliphatic heterocycles. The van der Waals surface area contributed by atoms with E-state index in [-0.39, 0.29) is 11.5 Å². The summed E-state index contributed by atoms with van der Waals surface area (Å²) in [6, 6.07) is 0. The molecule has 0 bridgehead atoms. The Balaban J connectivity index is 2.84. The van der Waals surface area contributed by atoms with Gasteiger partial charge in [-0.3, -0.25) is 4.79 Å². The van der Waals surface area contributed by atoms with E-state index in [1.165, 1.54) is 0 Å². The zero-order chi connectivity index (χ0) is 9.68. The molecule has 70 valence electrons. The highest BCUT2D eigenvalue weighted by molar-refractivity contribution is 7.09. The lowest BCUT2D eigenvalue weighted by molar-refractivity contribution is -0.102. The number of rotatable bonds is 4. The lowest BCUT2D eigenvalue weighted by atomic mass is 10.4. The van der Waals surface area contributed by atoms with Gasteiger partial charge in [-0.25, -0.2) is 0 Å². The first kappa shape index (κ1) is 9.59. The van der Waals surface area contributed by atoms with Crippen LogP contribution in [0.2, 0.25) is 0 Å². The van der Waals surface area contributed by atoms with E-state index in [0.29, 0.717) is 18.0 Å². The van der Waals surface area contributed by atoms with Crippen molar-refractivity contribution in [1.29, 1.82) is 0 Å². The van der Waals surface area contributed by atoms with Crippen LogP contribution in [0, 0.1) is 0 Å². The van der Waals surface area contributed by atoms with Crippen molar-refractivity contribution >= 4 is 28.7 Å². The molecule has 1 aromatic rings. The topological polar surface area (TPSA) is 90.5 Å². The van der Waals surface area contributed by atoms with Gasteiger partial charge in [0, 0.05) is 11.5 Å². The molecule has 0 amide bonds. The van der Waals surface area contributed by atoms with E-state index in [4.69, 9.17) is 10.6 Å². The molecule has 0 saturated carbocycles. The lowest BCUT2D eigenvalue weighted by Gasteiger charge is -1.92. The minimum absolute atomic E-state index is 0.0507. The summed E-state index contributed by atoms with van der Waals surface area (Å²) >= 11 is 1.00. The highest BCUT2D eigenvalue weighted by Crippen LogP contribution is 2.05. The number of carbonyl (C=O) groups is 1. The van der Waals surface area contributed by atoms with E-state index in [1.54, 1.807) is 6.92 Å². The average Bonchev–Trinajstić information content (AvgIpc) is 2.54. The van der Waals surface area contributed by atoms with E-state index in [9.17, 15) is 4.79 Å². The Hall–Kier alpha value is -1.50. The first-order valence-corrected chi connectivity index (χ1v) is 4.30. The summed E-state index contributed by atoms with van der Waals surface area (Å²) in [7, 11) is 0. The van der Waals surface area contributed by atoms with Gasteiger partial charge in [0.1, 0.15) is 6.61 Å². The fraction of sp³-hybridized carbons (Fsp3) is 0.333. The SMILES string of the molecule is CCO/N=C(/C=O)c1nsc(N)n1. The molecular formula is C6H8N4O2S. The largest absolute Gasteiger partial charge is 0.395 e. The maximum Gasteiger partial charge on any atom is 0.200 e. The van der Waals surface area contributed by atoms with Crippen LogP contribution in [0.1, 0.15) is 12.7 Å². The minimum atomic E-state index is 0.0507. The molecule has 0 aromatic carbocycles. The van der Waals surface area contributed by atoms with Crippen LogP contribution in [0.4, 0.5) is 5.13 Å².